The molecular weight excluding hydrogens is 468 g/mol. The Labute approximate surface area is 207 Å². The van der Waals surface area contributed by atoms with E-state index < -0.39 is 6.42 Å². The van der Waals surface area contributed by atoms with Crippen molar-refractivity contribution in [3.63, 3.8) is 0 Å². The molecule has 1 aromatic carbocycles. The summed E-state index contributed by atoms with van der Waals surface area (Å²) >= 11 is 6.37. The van der Waals surface area contributed by atoms with Crippen LogP contribution in [0.1, 0.15) is 64.1 Å². The maximum atomic E-state index is 13.6. The molecular formula is C25H33FN5OPS. The zero-order valence-electron chi connectivity index (χ0n) is 20.6. The van der Waals surface area contributed by atoms with Crippen molar-refractivity contribution in [3.05, 3.63) is 41.3 Å². The second kappa shape index (κ2) is 9.53. The van der Waals surface area contributed by atoms with E-state index in [1.165, 1.54) is 12.1 Å². The van der Waals surface area contributed by atoms with Gasteiger partial charge in [0.25, 0.3) is 0 Å². The summed E-state index contributed by atoms with van der Waals surface area (Å²) in [5.74, 6) is 1.69. The zero-order valence-corrected chi connectivity index (χ0v) is 22.3. The minimum absolute atomic E-state index is 0.0779. The van der Waals surface area contributed by atoms with Gasteiger partial charge in [-0.15, -0.1) is 0 Å². The predicted octanol–water partition coefficient (Wildman–Crippen LogP) is 5.82. The van der Waals surface area contributed by atoms with Crippen molar-refractivity contribution in [3.8, 4) is 6.07 Å². The van der Waals surface area contributed by atoms with Crippen LogP contribution in [0.15, 0.2) is 29.3 Å². The molecule has 6 nitrogen and oxygen atoms in total. The van der Waals surface area contributed by atoms with Crippen molar-refractivity contribution in [1.82, 2.24) is 14.5 Å². The molecule has 9 heteroatoms. The van der Waals surface area contributed by atoms with E-state index in [1.807, 2.05) is 18.6 Å². The summed E-state index contributed by atoms with van der Waals surface area (Å²) < 4.78 is 24.3. The molecule has 1 aromatic heterocycles. The minimum atomic E-state index is -2.73. The lowest BCUT2D eigenvalue weighted by atomic mass is 9.72. The SMILES string of the molecule is Cc1nn(CCC#N)c2c1P(=S)(OC1CCC(C(C)(C)C)CC1)N(C)C(c1ccc(F)cc1)=N2. The Hall–Kier alpha value is -2.07. The Balaban J connectivity index is 1.73. The summed E-state index contributed by atoms with van der Waals surface area (Å²) in [7, 11) is 1.93. The van der Waals surface area contributed by atoms with Gasteiger partial charge in [-0.05, 0) is 80.0 Å². The molecule has 1 atom stereocenters. The van der Waals surface area contributed by atoms with Gasteiger partial charge in [0.2, 0.25) is 0 Å². The Morgan fingerprint density at radius 2 is 1.85 bits per heavy atom. The van der Waals surface area contributed by atoms with Crippen molar-refractivity contribution in [2.45, 2.75) is 72.4 Å². The quantitative estimate of drug-likeness (QED) is 0.483. The van der Waals surface area contributed by atoms with Crippen molar-refractivity contribution >= 4 is 35.2 Å². The Morgan fingerprint density at radius 1 is 1.21 bits per heavy atom. The van der Waals surface area contributed by atoms with Crippen LogP contribution >= 0.6 is 6.42 Å². The molecule has 1 aliphatic carbocycles. The summed E-state index contributed by atoms with van der Waals surface area (Å²) in [6.07, 6.45) is 1.88. The first-order chi connectivity index (χ1) is 16.0. The number of benzene rings is 1. The van der Waals surface area contributed by atoms with Crippen LogP contribution in [0.25, 0.3) is 0 Å². The zero-order chi connectivity index (χ0) is 24.7. The molecule has 0 saturated heterocycles. The highest BCUT2D eigenvalue weighted by atomic mass is 32.4. The number of fused-ring (bicyclic) bond motifs is 1. The molecule has 1 fully saturated rings. The molecule has 0 N–H and O–H groups in total. The smallest absolute Gasteiger partial charge is 0.192 e. The first kappa shape index (κ1) is 25.0. The number of rotatable bonds is 5. The first-order valence-corrected chi connectivity index (χ1v) is 14.5. The number of nitrogens with zero attached hydrogens (tertiary/aromatic N) is 5. The normalized spacial score (nSPS) is 25.0. The summed E-state index contributed by atoms with van der Waals surface area (Å²) in [6.45, 7) is 9.31. The third kappa shape index (κ3) is 4.71. The largest absolute Gasteiger partial charge is 0.327 e. The second-order valence-electron chi connectivity index (χ2n) is 10.3. The Kier molecular flexibility index (Phi) is 7.01. The second-order valence-corrected chi connectivity index (χ2v) is 14.1. The van der Waals surface area contributed by atoms with Crippen LogP contribution in [0.2, 0.25) is 0 Å². The van der Waals surface area contributed by atoms with Gasteiger partial charge < -0.3 is 9.19 Å². The van der Waals surface area contributed by atoms with Gasteiger partial charge in [-0.1, -0.05) is 20.8 Å². The first-order valence-electron chi connectivity index (χ1n) is 11.9. The number of aromatic nitrogens is 2. The summed E-state index contributed by atoms with van der Waals surface area (Å²) in [5.41, 5.74) is 1.87. The van der Waals surface area contributed by atoms with Crippen LogP contribution in [-0.4, -0.2) is 33.4 Å². The standard InChI is InChI=1S/C25H33FN5OPS/c1-17-22-24(31(29-17)16-6-15-27)28-23(18-7-11-20(26)12-8-18)30(5)33(22,34)32-21-13-9-19(10-14-21)25(2,3)4/h7-8,11-12,19,21H,6,9-10,13-14,16H2,1-5H3. The predicted molar refractivity (Wildman–Crippen MR) is 138 cm³/mol. The molecule has 0 amide bonds. The number of amidine groups is 1. The van der Waals surface area contributed by atoms with Crippen molar-refractivity contribution < 1.29 is 8.91 Å². The van der Waals surface area contributed by atoms with Gasteiger partial charge in [0.1, 0.15) is 11.7 Å². The number of aliphatic imine (C=N–C) groups is 1. The van der Waals surface area contributed by atoms with Gasteiger partial charge in [-0.2, -0.15) is 10.4 Å². The minimum Gasteiger partial charge on any atom is -0.327 e. The average Bonchev–Trinajstić information content (AvgIpc) is 3.11. The van der Waals surface area contributed by atoms with Gasteiger partial charge in [0, 0.05) is 12.6 Å². The van der Waals surface area contributed by atoms with E-state index in [-0.39, 0.29) is 11.9 Å². The summed E-state index contributed by atoms with van der Waals surface area (Å²) in [4.78, 5) is 4.93. The molecule has 2 aromatic rings. The van der Waals surface area contributed by atoms with E-state index in [4.69, 9.17) is 31.7 Å². The molecule has 4 rings (SSSR count). The van der Waals surface area contributed by atoms with E-state index in [0.29, 0.717) is 36.0 Å². The van der Waals surface area contributed by atoms with E-state index in [1.54, 1.807) is 16.8 Å². The van der Waals surface area contributed by atoms with Crippen molar-refractivity contribution in [1.29, 1.82) is 5.26 Å². The van der Waals surface area contributed by atoms with Crippen LogP contribution < -0.4 is 5.30 Å². The van der Waals surface area contributed by atoms with Gasteiger partial charge in [-0.3, -0.25) is 0 Å². The number of hydrogen-bond donors (Lipinski definition) is 0. The molecule has 34 heavy (non-hydrogen) atoms. The highest BCUT2D eigenvalue weighted by molar-refractivity contribution is 8.15. The number of aryl methyl sites for hydroxylation is 2. The van der Waals surface area contributed by atoms with Crippen molar-refractivity contribution in [2.24, 2.45) is 16.3 Å². The highest BCUT2D eigenvalue weighted by Crippen LogP contribution is 2.57. The van der Waals surface area contributed by atoms with Gasteiger partial charge in [0.05, 0.1) is 36.1 Å². The molecule has 0 bridgehead atoms. The lowest BCUT2D eigenvalue weighted by Crippen LogP contribution is -2.37. The highest BCUT2D eigenvalue weighted by Gasteiger charge is 2.42. The van der Waals surface area contributed by atoms with Crippen LogP contribution in [-0.2, 0) is 22.9 Å². The lowest BCUT2D eigenvalue weighted by molar-refractivity contribution is 0.0941. The molecule has 1 unspecified atom stereocenters. The molecule has 2 heterocycles. The average molecular weight is 502 g/mol. The van der Waals surface area contributed by atoms with Crippen LogP contribution in [0, 0.1) is 35.4 Å². The van der Waals surface area contributed by atoms with Crippen LogP contribution in [0.5, 0.6) is 0 Å². The fraction of sp³-hybridized carbons (Fsp3) is 0.560. The molecule has 0 radical (unpaired) electrons. The van der Waals surface area contributed by atoms with Crippen LogP contribution in [0.3, 0.4) is 0 Å². The fourth-order valence-corrected chi connectivity index (χ4v) is 8.65. The van der Waals surface area contributed by atoms with Gasteiger partial charge >= 0.3 is 0 Å². The van der Waals surface area contributed by atoms with E-state index >= 15 is 0 Å². The maximum Gasteiger partial charge on any atom is 0.192 e. The molecule has 182 valence electrons. The molecule has 1 saturated carbocycles. The maximum absolute atomic E-state index is 13.6. The monoisotopic (exact) mass is 501 g/mol. The number of halogens is 1. The third-order valence-electron chi connectivity index (χ3n) is 6.99. The third-order valence-corrected chi connectivity index (χ3v) is 11.2. The lowest BCUT2D eigenvalue weighted by Gasteiger charge is -2.42. The fourth-order valence-electron chi connectivity index (χ4n) is 4.97. The van der Waals surface area contributed by atoms with Crippen molar-refractivity contribution in [2.75, 3.05) is 7.05 Å². The van der Waals surface area contributed by atoms with Gasteiger partial charge in [0.15, 0.2) is 12.2 Å². The topological polar surface area (TPSA) is 66.4 Å². The van der Waals surface area contributed by atoms with Crippen LogP contribution in [0.4, 0.5) is 10.2 Å². The number of hydrogen-bond acceptors (Lipinski definition) is 5. The van der Waals surface area contributed by atoms with E-state index in [0.717, 1.165) is 42.2 Å². The molecule has 0 spiro atoms. The number of nitriles is 1. The molecule has 1 aliphatic heterocycles. The van der Waals surface area contributed by atoms with Gasteiger partial charge in [-0.25, -0.2) is 14.1 Å². The molecule has 2 aliphatic rings. The van der Waals surface area contributed by atoms with E-state index in [9.17, 15) is 4.39 Å². The summed E-state index contributed by atoms with van der Waals surface area (Å²) in [5, 5.41) is 14.7. The Morgan fingerprint density at radius 3 is 2.44 bits per heavy atom. The van der Waals surface area contributed by atoms with E-state index in [2.05, 4.69) is 26.8 Å². The summed E-state index contributed by atoms with van der Waals surface area (Å²) in [6, 6.07) is 8.47. The Bertz CT molecular complexity index is 1170.